The van der Waals surface area contributed by atoms with Gasteiger partial charge in [0, 0.05) is 38.0 Å². The smallest absolute Gasteiger partial charge is 0.136 e. The second-order valence-corrected chi connectivity index (χ2v) is 16.3. The van der Waals surface area contributed by atoms with Crippen molar-refractivity contribution in [3.05, 3.63) is 198 Å². The van der Waals surface area contributed by atoms with E-state index < -0.39 is 0 Å². The number of benzene rings is 8. The van der Waals surface area contributed by atoms with Crippen LogP contribution in [0, 0.1) is 0 Å². The first-order valence-corrected chi connectivity index (χ1v) is 20.2. The minimum absolute atomic E-state index is 0.279. The number of nitrogens with zero attached hydrogens (tertiary/aromatic N) is 1. The average Bonchev–Trinajstić information content (AvgIpc) is 3.84. The van der Waals surface area contributed by atoms with Crippen LogP contribution >= 0.6 is 11.8 Å². The van der Waals surface area contributed by atoms with E-state index in [0.29, 0.717) is 11.2 Å². The number of furan rings is 1. The predicted octanol–water partition coefficient (Wildman–Crippen LogP) is 12.7. The summed E-state index contributed by atoms with van der Waals surface area (Å²) in [5.74, 6) is 1.28. The Labute approximate surface area is 328 Å². The number of amidine groups is 1. The van der Waals surface area contributed by atoms with Crippen LogP contribution in [0.4, 0.5) is 0 Å². The fraction of sp³-hybridized carbons (Fsp3) is 0.0784. The van der Waals surface area contributed by atoms with Gasteiger partial charge >= 0.3 is 0 Å². The molecule has 3 aliphatic rings. The third kappa shape index (κ3) is 5.08. The first-order valence-electron chi connectivity index (χ1n) is 19.3. The summed E-state index contributed by atoms with van der Waals surface area (Å²) >= 11 is 1.96. The highest BCUT2D eigenvalue weighted by Gasteiger charge is 2.33. The normalized spacial score (nSPS) is 20.1. The Morgan fingerprint density at radius 2 is 1.30 bits per heavy atom. The van der Waals surface area contributed by atoms with Crippen LogP contribution in [-0.4, -0.2) is 11.1 Å². The van der Waals surface area contributed by atoms with Gasteiger partial charge in [-0.1, -0.05) is 146 Å². The monoisotopic (exact) mass is 737 g/mol. The van der Waals surface area contributed by atoms with Crippen molar-refractivity contribution in [3.63, 3.8) is 0 Å². The summed E-state index contributed by atoms with van der Waals surface area (Å²) in [6.45, 7) is 0. The zero-order chi connectivity index (χ0) is 36.7. The lowest BCUT2D eigenvalue weighted by atomic mass is 9.91. The molecule has 0 saturated carbocycles. The van der Waals surface area contributed by atoms with Crippen molar-refractivity contribution in [2.24, 2.45) is 4.99 Å². The van der Waals surface area contributed by atoms with Gasteiger partial charge in [0.15, 0.2) is 0 Å². The SMILES string of the molecule is C1=CC2Sc3cc(C4N=C(c5ccccc5)NC(c5cc(-c6ccc7c(ccc8ccccc87)c6)cc6oc7ccc8ccccc8c7c56)N4)ccc3C2C=C1. The van der Waals surface area contributed by atoms with Crippen LogP contribution in [0.1, 0.15) is 40.5 Å². The van der Waals surface area contributed by atoms with Crippen molar-refractivity contribution < 1.29 is 4.42 Å². The Balaban J connectivity index is 1.05. The summed E-state index contributed by atoms with van der Waals surface area (Å²) in [5, 5.41) is 17.9. The highest BCUT2D eigenvalue weighted by molar-refractivity contribution is 8.00. The molecule has 266 valence electrons. The number of aliphatic imine (C=N–C) groups is 1. The van der Waals surface area contributed by atoms with Crippen LogP contribution < -0.4 is 10.6 Å². The molecule has 3 heterocycles. The van der Waals surface area contributed by atoms with E-state index in [-0.39, 0.29) is 12.3 Å². The van der Waals surface area contributed by atoms with E-state index in [9.17, 15) is 0 Å². The van der Waals surface area contributed by atoms with Crippen molar-refractivity contribution in [1.29, 1.82) is 0 Å². The number of hydrogen-bond donors (Lipinski definition) is 2. The van der Waals surface area contributed by atoms with Crippen molar-refractivity contribution in [3.8, 4) is 11.1 Å². The van der Waals surface area contributed by atoms with Crippen molar-refractivity contribution in [2.75, 3.05) is 0 Å². The van der Waals surface area contributed by atoms with Gasteiger partial charge in [0.2, 0.25) is 0 Å². The van der Waals surface area contributed by atoms with E-state index >= 15 is 0 Å². The van der Waals surface area contributed by atoms with Gasteiger partial charge in [-0.3, -0.25) is 5.32 Å². The van der Waals surface area contributed by atoms with Crippen molar-refractivity contribution >= 4 is 71.9 Å². The molecule has 5 heteroatoms. The maximum atomic E-state index is 6.82. The minimum atomic E-state index is -0.284. The van der Waals surface area contributed by atoms with Crippen LogP contribution in [0.2, 0.25) is 0 Å². The largest absolute Gasteiger partial charge is 0.456 e. The first-order chi connectivity index (χ1) is 27.7. The molecule has 2 aliphatic heterocycles. The van der Waals surface area contributed by atoms with Crippen LogP contribution in [0.25, 0.3) is 65.4 Å². The molecule has 4 nitrogen and oxygen atoms in total. The van der Waals surface area contributed by atoms with Gasteiger partial charge in [0.05, 0.1) is 0 Å². The zero-order valence-electron chi connectivity index (χ0n) is 30.3. The van der Waals surface area contributed by atoms with Gasteiger partial charge in [-0.15, -0.1) is 11.8 Å². The van der Waals surface area contributed by atoms with Crippen molar-refractivity contribution in [1.82, 2.24) is 10.6 Å². The molecule has 56 heavy (non-hydrogen) atoms. The van der Waals surface area contributed by atoms with Crippen LogP contribution in [-0.2, 0) is 0 Å². The standard InChI is InChI=1S/C51H35N3OS/c1-2-12-32(13-3-1)49-52-50(35-21-24-41-40-16-8-9-17-45(40)56-46(41)29-35)54-51(53-49)42-27-36(33-20-23-38-34(26-33)19-18-30-10-4-6-14-37(30)38)28-44-48(42)47-39-15-7-5-11-31(39)22-25-43(47)55-44/h1-29,40,45,50-51,54H,(H,52,53). The fourth-order valence-electron chi connectivity index (χ4n) is 9.14. The van der Waals surface area contributed by atoms with Crippen LogP contribution in [0.5, 0.6) is 0 Å². The van der Waals surface area contributed by atoms with Crippen molar-refractivity contribution in [2.45, 2.75) is 28.4 Å². The fourth-order valence-corrected chi connectivity index (χ4v) is 10.5. The number of hydrogen-bond acceptors (Lipinski definition) is 5. The Kier molecular flexibility index (Phi) is 7.16. The molecule has 0 radical (unpaired) electrons. The molecule has 0 bridgehead atoms. The molecule has 9 aromatic rings. The highest BCUT2D eigenvalue weighted by Crippen LogP contribution is 2.49. The maximum absolute atomic E-state index is 6.82. The number of nitrogens with one attached hydrogen (secondary N) is 2. The molecule has 1 aromatic heterocycles. The molecule has 0 fully saturated rings. The summed E-state index contributed by atoms with van der Waals surface area (Å²) in [5.41, 5.74) is 8.72. The molecule has 0 saturated heterocycles. The van der Waals surface area contributed by atoms with E-state index in [1.54, 1.807) is 0 Å². The topological polar surface area (TPSA) is 49.6 Å². The first kappa shape index (κ1) is 31.9. The third-order valence-electron chi connectivity index (χ3n) is 11.9. The molecule has 8 aromatic carbocycles. The van der Waals surface area contributed by atoms with Gasteiger partial charge in [-0.2, -0.15) is 0 Å². The molecular formula is C51H35N3OS. The summed E-state index contributed by atoms with van der Waals surface area (Å²) in [4.78, 5) is 6.70. The molecule has 1 aliphatic carbocycles. The number of rotatable bonds is 4. The second-order valence-electron chi connectivity index (χ2n) is 15.1. The molecule has 0 amide bonds. The summed E-state index contributed by atoms with van der Waals surface area (Å²) < 4.78 is 6.82. The van der Waals surface area contributed by atoms with Crippen LogP contribution in [0.15, 0.2) is 190 Å². The Bertz CT molecular complexity index is 3160. The summed E-state index contributed by atoms with van der Waals surface area (Å²) in [6.07, 6.45) is 8.45. The van der Waals surface area contributed by atoms with Gasteiger partial charge in [0.1, 0.15) is 29.3 Å². The van der Waals surface area contributed by atoms with Crippen LogP contribution in [0.3, 0.4) is 0 Å². The number of fused-ring (bicyclic) bond motifs is 11. The average molecular weight is 738 g/mol. The lowest BCUT2D eigenvalue weighted by molar-refractivity contribution is 0.410. The Morgan fingerprint density at radius 1 is 0.536 bits per heavy atom. The summed E-state index contributed by atoms with van der Waals surface area (Å²) in [6, 6.07) is 54.8. The van der Waals surface area contributed by atoms with E-state index in [4.69, 9.17) is 9.41 Å². The van der Waals surface area contributed by atoms with E-state index in [1.165, 1.54) is 42.8 Å². The Hall–Kier alpha value is -6.40. The molecule has 12 rings (SSSR count). The third-order valence-corrected chi connectivity index (χ3v) is 13.2. The lowest BCUT2D eigenvalue weighted by Gasteiger charge is -2.33. The quantitative estimate of drug-likeness (QED) is 0.177. The highest BCUT2D eigenvalue weighted by atomic mass is 32.2. The van der Waals surface area contributed by atoms with Gasteiger partial charge in [0.25, 0.3) is 0 Å². The van der Waals surface area contributed by atoms with Gasteiger partial charge < -0.3 is 9.73 Å². The van der Waals surface area contributed by atoms with Gasteiger partial charge in [-0.25, -0.2) is 4.99 Å². The van der Waals surface area contributed by atoms with Gasteiger partial charge in [-0.05, 0) is 84.9 Å². The zero-order valence-corrected chi connectivity index (χ0v) is 31.1. The predicted molar refractivity (Wildman–Crippen MR) is 234 cm³/mol. The van der Waals surface area contributed by atoms with E-state index in [2.05, 4.69) is 187 Å². The lowest BCUT2D eigenvalue weighted by Crippen LogP contribution is -2.45. The molecule has 4 atom stereocenters. The minimum Gasteiger partial charge on any atom is -0.456 e. The van der Waals surface area contributed by atoms with E-state index in [0.717, 1.165) is 55.6 Å². The molecule has 2 N–H and O–H groups in total. The second kappa shape index (κ2) is 12.6. The van der Waals surface area contributed by atoms with E-state index in [1.807, 2.05) is 11.8 Å². The summed E-state index contributed by atoms with van der Waals surface area (Å²) in [7, 11) is 0. The maximum Gasteiger partial charge on any atom is 0.136 e. The number of thioether (sulfide) groups is 1. The number of allylic oxidation sites excluding steroid dienone is 3. The Morgan fingerprint density at radius 3 is 2.21 bits per heavy atom. The molecular weight excluding hydrogens is 703 g/mol. The molecule has 4 unspecified atom stereocenters. The molecule has 0 spiro atoms.